The van der Waals surface area contributed by atoms with Crippen LogP contribution in [-0.4, -0.2) is 89.9 Å². The molecule has 4 atom stereocenters. The molecule has 2 fully saturated rings. The predicted octanol–water partition coefficient (Wildman–Crippen LogP) is -1.16. The van der Waals surface area contributed by atoms with Crippen LogP contribution in [0.1, 0.15) is 0 Å². The van der Waals surface area contributed by atoms with E-state index in [2.05, 4.69) is 10.6 Å². The molecule has 0 aromatic carbocycles. The fourth-order valence-corrected chi connectivity index (χ4v) is 6.15. The molecule has 12 nitrogen and oxygen atoms in total. The van der Waals surface area contributed by atoms with Gasteiger partial charge in [-0.3, -0.25) is 29.0 Å². The Balaban J connectivity index is 1.24. The highest BCUT2D eigenvalue weighted by Crippen LogP contribution is 2.38. The second-order valence-corrected chi connectivity index (χ2v) is 9.64. The van der Waals surface area contributed by atoms with Crippen LogP contribution < -0.4 is 10.6 Å². The molecule has 14 heteroatoms. The van der Waals surface area contributed by atoms with Gasteiger partial charge in [-0.15, -0.1) is 23.5 Å². The SMILES string of the molecule is O=C(/C=C/C=C/C(=O)N[C@@H]1C(=O)N2C(C(=O)O)=CCS[C@H]12)N[C@@H]1C(=O)N2C(C(=O)O)=CCS[C@H]12. The van der Waals surface area contributed by atoms with E-state index >= 15 is 0 Å². The molecule has 4 heterocycles. The van der Waals surface area contributed by atoms with E-state index in [0.29, 0.717) is 11.5 Å². The maximum atomic E-state index is 12.2. The Hall–Kier alpha value is -3.52. The zero-order valence-corrected chi connectivity index (χ0v) is 18.9. The van der Waals surface area contributed by atoms with Gasteiger partial charge in [0.15, 0.2) is 0 Å². The molecule has 2 saturated heterocycles. The molecule has 4 amide bonds. The van der Waals surface area contributed by atoms with Crippen molar-refractivity contribution in [2.75, 3.05) is 11.5 Å². The largest absolute Gasteiger partial charge is 0.477 e. The Bertz CT molecular complexity index is 1030. The molecular formula is C20H18N4O8S2. The summed E-state index contributed by atoms with van der Waals surface area (Å²) in [4.78, 5) is 73.3. The number of hydrogen-bond acceptors (Lipinski definition) is 8. The van der Waals surface area contributed by atoms with E-state index in [9.17, 15) is 28.8 Å². The van der Waals surface area contributed by atoms with Crippen LogP contribution in [-0.2, 0) is 28.8 Å². The van der Waals surface area contributed by atoms with Crippen LogP contribution in [0.25, 0.3) is 0 Å². The van der Waals surface area contributed by atoms with E-state index in [1.807, 2.05) is 0 Å². The summed E-state index contributed by atoms with van der Waals surface area (Å²) < 4.78 is 0. The second kappa shape index (κ2) is 9.38. The number of nitrogens with zero attached hydrogens (tertiary/aromatic N) is 2. The van der Waals surface area contributed by atoms with E-state index in [1.165, 1.54) is 47.8 Å². The van der Waals surface area contributed by atoms with Gasteiger partial charge in [0.2, 0.25) is 11.8 Å². The summed E-state index contributed by atoms with van der Waals surface area (Å²) in [5.74, 6) is -3.80. The summed E-state index contributed by atoms with van der Waals surface area (Å²) in [7, 11) is 0. The Morgan fingerprint density at radius 1 is 0.794 bits per heavy atom. The first-order valence-corrected chi connectivity index (χ1v) is 12.0. The first kappa shape index (κ1) is 23.6. The second-order valence-electron chi connectivity index (χ2n) is 7.34. The molecule has 0 saturated carbocycles. The van der Waals surface area contributed by atoms with Crippen LogP contribution in [0, 0.1) is 0 Å². The Labute approximate surface area is 200 Å². The van der Waals surface area contributed by atoms with Crippen LogP contribution in [0.2, 0.25) is 0 Å². The molecule has 4 N–H and O–H groups in total. The van der Waals surface area contributed by atoms with E-state index in [0.717, 1.165) is 22.0 Å². The quantitative estimate of drug-likeness (QED) is 0.187. The lowest BCUT2D eigenvalue weighted by Gasteiger charge is -2.48. The van der Waals surface area contributed by atoms with Crippen molar-refractivity contribution in [3.63, 3.8) is 0 Å². The summed E-state index contributed by atoms with van der Waals surface area (Å²) in [6.07, 6.45) is 7.66. The lowest BCUT2D eigenvalue weighted by molar-refractivity contribution is -0.150. The number of thioether (sulfide) groups is 2. The molecule has 178 valence electrons. The Morgan fingerprint density at radius 2 is 1.18 bits per heavy atom. The number of carbonyl (C=O) groups is 6. The van der Waals surface area contributed by atoms with Crippen molar-refractivity contribution in [2.24, 2.45) is 0 Å². The Morgan fingerprint density at radius 3 is 1.53 bits per heavy atom. The first-order valence-electron chi connectivity index (χ1n) is 9.92. The molecule has 0 radical (unpaired) electrons. The third-order valence-corrected chi connectivity index (χ3v) is 7.70. The van der Waals surface area contributed by atoms with Gasteiger partial charge in [0.05, 0.1) is 0 Å². The van der Waals surface area contributed by atoms with Gasteiger partial charge >= 0.3 is 11.9 Å². The summed E-state index contributed by atoms with van der Waals surface area (Å²) in [5.41, 5.74) is -0.197. The van der Waals surface area contributed by atoms with Crippen molar-refractivity contribution in [1.82, 2.24) is 20.4 Å². The molecule has 0 spiro atoms. The molecule has 4 aliphatic rings. The van der Waals surface area contributed by atoms with Gasteiger partial charge in [-0.25, -0.2) is 9.59 Å². The van der Waals surface area contributed by atoms with Crippen LogP contribution in [0.3, 0.4) is 0 Å². The number of carbonyl (C=O) groups excluding carboxylic acids is 4. The van der Waals surface area contributed by atoms with Gasteiger partial charge in [-0.05, 0) is 12.2 Å². The number of carboxylic acids is 2. The van der Waals surface area contributed by atoms with E-state index < -0.39 is 58.4 Å². The molecule has 34 heavy (non-hydrogen) atoms. The zero-order chi connectivity index (χ0) is 24.6. The number of β-lactam (4-membered cyclic amide) rings is 2. The number of nitrogens with one attached hydrogen (secondary N) is 2. The van der Waals surface area contributed by atoms with Crippen molar-refractivity contribution < 1.29 is 39.0 Å². The van der Waals surface area contributed by atoms with E-state index in [1.54, 1.807) is 0 Å². The van der Waals surface area contributed by atoms with Crippen molar-refractivity contribution in [2.45, 2.75) is 22.8 Å². The molecule has 0 bridgehead atoms. The lowest BCUT2D eigenvalue weighted by Crippen LogP contribution is -2.70. The molecule has 4 rings (SSSR count). The molecular weight excluding hydrogens is 488 g/mol. The maximum absolute atomic E-state index is 12.2. The fraction of sp³-hybridized carbons (Fsp3) is 0.300. The topological polar surface area (TPSA) is 173 Å². The predicted molar refractivity (Wildman–Crippen MR) is 120 cm³/mol. The summed E-state index contributed by atoms with van der Waals surface area (Å²) in [6.45, 7) is 0. The molecule has 0 aliphatic carbocycles. The Kier molecular flexibility index (Phi) is 6.52. The monoisotopic (exact) mass is 506 g/mol. The minimum absolute atomic E-state index is 0.0985. The number of rotatable bonds is 7. The van der Waals surface area contributed by atoms with Crippen LogP contribution in [0.5, 0.6) is 0 Å². The number of amides is 4. The smallest absolute Gasteiger partial charge is 0.352 e. The normalized spacial score (nSPS) is 27.8. The third kappa shape index (κ3) is 4.21. The van der Waals surface area contributed by atoms with Crippen molar-refractivity contribution in [1.29, 1.82) is 0 Å². The highest BCUT2D eigenvalue weighted by Gasteiger charge is 2.53. The lowest BCUT2D eigenvalue weighted by atomic mass is 10.1. The number of hydrogen-bond donors (Lipinski definition) is 4. The van der Waals surface area contributed by atoms with Gasteiger partial charge in [-0.1, -0.05) is 12.2 Å². The average molecular weight is 507 g/mol. The van der Waals surface area contributed by atoms with Crippen LogP contribution in [0.4, 0.5) is 0 Å². The minimum atomic E-state index is -1.20. The van der Waals surface area contributed by atoms with Crippen LogP contribution in [0.15, 0.2) is 47.9 Å². The number of carboxylic acid groups (broad SMARTS) is 2. The standard InChI is InChI=1S/C20H18N4O8S2/c25-11(21-13-15(27)23-9(19(29)30)5-7-33-17(13)23)3-1-2-4-12(26)22-14-16(28)24-10(20(31)32)6-8-34-18(14)24/h1-6,13-14,17-18H,7-8H2,(H,21,25)(H,22,26)(H,29,30)(H,31,32)/b3-1+,4-2+/t13-,14-,17-,18-/m1/s1. The minimum Gasteiger partial charge on any atom is -0.477 e. The highest BCUT2D eigenvalue weighted by molar-refractivity contribution is 8.00. The number of aliphatic carboxylic acids is 2. The molecule has 0 aromatic rings. The fourth-order valence-electron chi connectivity index (χ4n) is 3.76. The van der Waals surface area contributed by atoms with Gasteiger partial charge in [0.25, 0.3) is 11.8 Å². The van der Waals surface area contributed by atoms with Crippen molar-refractivity contribution in [3.05, 3.63) is 47.9 Å². The third-order valence-electron chi connectivity index (χ3n) is 5.33. The van der Waals surface area contributed by atoms with Crippen LogP contribution >= 0.6 is 23.5 Å². The zero-order valence-electron chi connectivity index (χ0n) is 17.2. The van der Waals surface area contributed by atoms with E-state index in [4.69, 9.17) is 10.2 Å². The summed E-state index contributed by atoms with van der Waals surface area (Å²) in [5, 5.41) is 22.4. The number of allylic oxidation sites excluding steroid dienone is 2. The molecule has 0 unspecified atom stereocenters. The van der Waals surface area contributed by atoms with Gasteiger partial charge < -0.3 is 20.8 Å². The summed E-state index contributed by atoms with van der Waals surface area (Å²) >= 11 is 2.67. The first-order chi connectivity index (χ1) is 16.2. The van der Waals surface area contributed by atoms with Crippen molar-refractivity contribution in [3.8, 4) is 0 Å². The van der Waals surface area contributed by atoms with E-state index in [-0.39, 0.29) is 11.4 Å². The van der Waals surface area contributed by atoms with Gasteiger partial charge in [-0.2, -0.15) is 0 Å². The van der Waals surface area contributed by atoms with Gasteiger partial charge in [0.1, 0.15) is 34.2 Å². The number of fused-ring (bicyclic) bond motifs is 2. The van der Waals surface area contributed by atoms with Crippen molar-refractivity contribution >= 4 is 59.1 Å². The summed E-state index contributed by atoms with van der Waals surface area (Å²) in [6, 6.07) is -1.69. The highest BCUT2D eigenvalue weighted by atomic mass is 32.2. The van der Waals surface area contributed by atoms with Gasteiger partial charge in [0, 0.05) is 23.7 Å². The average Bonchev–Trinajstić information content (AvgIpc) is 2.82. The molecule has 4 aliphatic heterocycles. The molecule has 0 aromatic heterocycles. The maximum Gasteiger partial charge on any atom is 0.352 e.